The molecule has 2 aliphatic heterocycles. The third-order valence-corrected chi connectivity index (χ3v) is 7.82. The summed E-state index contributed by atoms with van der Waals surface area (Å²) in [6.45, 7) is 4.16. The molecule has 2 aromatic carbocycles. The van der Waals surface area contributed by atoms with Crippen LogP contribution in [0.25, 0.3) is 10.9 Å². The molecule has 0 saturated carbocycles. The van der Waals surface area contributed by atoms with Crippen molar-refractivity contribution in [2.24, 2.45) is 0 Å². The molecule has 6 heteroatoms. The van der Waals surface area contributed by atoms with Crippen LogP contribution in [0.2, 0.25) is 0 Å². The lowest BCUT2D eigenvalue weighted by atomic mass is 9.99. The minimum absolute atomic E-state index is 0.319. The zero-order valence-corrected chi connectivity index (χ0v) is 16.7. The van der Waals surface area contributed by atoms with Gasteiger partial charge in [0.25, 0.3) is 10.0 Å². The molecule has 3 heterocycles. The van der Waals surface area contributed by atoms with Crippen molar-refractivity contribution in [1.29, 1.82) is 0 Å². The smallest absolute Gasteiger partial charge is 0.268 e. The van der Waals surface area contributed by atoms with E-state index in [-0.39, 0.29) is 0 Å². The van der Waals surface area contributed by atoms with E-state index in [1.165, 1.54) is 29.8 Å². The van der Waals surface area contributed by atoms with Crippen molar-refractivity contribution in [2.45, 2.75) is 30.2 Å². The van der Waals surface area contributed by atoms with Crippen LogP contribution in [0.3, 0.4) is 0 Å². The molecule has 2 aliphatic rings. The molecule has 0 amide bonds. The fourth-order valence-electron chi connectivity index (χ4n) is 4.66. The summed E-state index contributed by atoms with van der Waals surface area (Å²) in [6, 6.07) is 17.1. The first kappa shape index (κ1) is 17.8. The molecule has 0 N–H and O–H groups in total. The summed E-state index contributed by atoms with van der Waals surface area (Å²) in [5, 5.41) is 1.01. The van der Waals surface area contributed by atoms with Crippen molar-refractivity contribution >= 4 is 26.6 Å². The van der Waals surface area contributed by atoms with Gasteiger partial charge in [-0.2, -0.15) is 0 Å². The van der Waals surface area contributed by atoms with Crippen molar-refractivity contribution in [1.82, 2.24) is 8.87 Å². The Balaban J connectivity index is 1.58. The Morgan fingerprint density at radius 3 is 2.50 bits per heavy atom. The lowest BCUT2D eigenvalue weighted by Gasteiger charge is -2.44. The Morgan fingerprint density at radius 2 is 1.64 bits per heavy atom. The van der Waals surface area contributed by atoms with Gasteiger partial charge in [0.05, 0.1) is 16.1 Å². The molecular weight excluding hydrogens is 370 g/mol. The van der Waals surface area contributed by atoms with Crippen molar-refractivity contribution in [3.63, 3.8) is 0 Å². The predicted molar refractivity (Wildman–Crippen MR) is 112 cm³/mol. The Labute approximate surface area is 166 Å². The zero-order valence-electron chi connectivity index (χ0n) is 15.9. The van der Waals surface area contributed by atoms with Gasteiger partial charge in [-0.3, -0.25) is 4.90 Å². The Bertz CT molecular complexity index is 1090. The number of para-hydroxylation sites is 1. The zero-order chi connectivity index (χ0) is 19.1. The van der Waals surface area contributed by atoms with E-state index >= 15 is 0 Å². The minimum Gasteiger partial charge on any atom is -0.367 e. The molecule has 0 bridgehead atoms. The van der Waals surface area contributed by atoms with Gasteiger partial charge in [0.1, 0.15) is 0 Å². The van der Waals surface area contributed by atoms with Crippen LogP contribution in [0.5, 0.6) is 0 Å². The molecule has 0 spiro atoms. The third kappa shape index (κ3) is 2.91. The van der Waals surface area contributed by atoms with Gasteiger partial charge in [0.2, 0.25) is 0 Å². The molecule has 1 aromatic heterocycles. The van der Waals surface area contributed by atoms with E-state index in [1.807, 2.05) is 36.5 Å². The monoisotopic (exact) mass is 395 g/mol. The number of hydrogen-bond acceptors (Lipinski definition) is 4. The number of anilines is 1. The van der Waals surface area contributed by atoms with E-state index in [2.05, 4.69) is 9.80 Å². The summed E-state index contributed by atoms with van der Waals surface area (Å²) in [5.41, 5.74) is 1.77. The number of benzene rings is 2. The number of hydrogen-bond donors (Lipinski definition) is 0. The second kappa shape index (κ2) is 6.94. The van der Waals surface area contributed by atoms with Crippen LogP contribution in [0.4, 0.5) is 5.69 Å². The summed E-state index contributed by atoms with van der Waals surface area (Å²) in [7, 11) is -3.63. The summed E-state index contributed by atoms with van der Waals surface area (Å²) >= 11 is 0. The van der Waals surface area contributed by atoms with Crippen LogP contribution < -0.4 is 4.90 Å². The van der Waals surface area contributed by atoms with Gasteiger partial charge in [-0.15, -0.1) is 0 Å². The predicted octanol–water partition coefficient (Wildman–Crippen LogP) is 3.55. The van der Waals surface area contributed by atoms with Crippen LogP contribution in [0.15, 0.2) is 65.7 Å². The molecule has 2 saturated heterocycles. The summed E-state index contributed by atoms with van der Waals surface area (Å²) in [5.74, 6) is 0. The summed E-state index contributed by atoms with van der Waals surface area (Å²) in [6.07, 6.45) is 5.65. The largest absolute Gasteiger partial charge is 0.367 e. The Hall–Kier alpha value is -2.31. The van der Waals surface area contributed by atoms with Gasteiger partial charge in [0, 0.05) is 37.3 Å². The average molecular weight is 396 g/mol. The molecule has 28 heavy (non-hydrogen) atoms. The van der Waals surface area contributed by atoms with Gasteiger partial charge in [0.15, 0.2) is 0 Å². The second-order valence-electron chi connectivity index (χ2n) is 7.78. The molecule has 1 unspecified atom stereocenters. The normalized spacial score (nSPS) is 21.0. The third-order valence-electron chi connectivity index (χ3n) is 6.14. The van der Waals surface area contributed by atoms with Gasteiger partial charge < -0.3 is 4.90 Å². The maximum Gasteiger partial charge on any atom is 0.268 e. The van der Waals surface area contributed by atoms with E-state index in [1.54, 1.807) is 24.3 Å². The maximum absolute atomic E-state index is 13.3. The van der Waals surface area contributed by atoms with Crippen LogP contribution in [-0.2, 0) is 10.0 Å². The number of piperidine rings is 1. The first-order chi connectivity index (χ1) is 13.6. The highest BCUT2D eigenvalue weighted by molar-refractivity contribution is 7.90. The number of rotatable bonds is 3. The van der Waals surface area contributed by atoms with E-state index in [4.69, 9.17) is 0 Å². The standard InChI is InChI=1S/C22H25N3O2S/c26-28(27,19-9-2-1-3-10-19)25-17-22(20-11-4-5-12-21(20)25)24-15-14-23-13-7-6-8-18(23)16-24/h1-5,9-12,17-18H,6-8,13-16H2. The van der Waals surface area contributed by atoms with Crippen molar-refractivity contribution in [2.75, 3.05) is 31.1 Å². The first-order valence-corrected chi connectivity index (χ1v) is 11.5. The lowest BCUT2D eigenvalue weighted by Crippen LogP contribution is -2.54. The molecule has 0 radical (unpaired) electrons. The van der Waals surface area contributed by atoms with Crippen molar-refractivity contribution < 1.29 is 8.42 Å². The lowest BCUT2D eigenvalue weighted by molar-refractivity contribution is 0.133. The number of piperazine rings is 1. The molecule has 0 aliphatic carbocycles. The van der Waals surface area contributed by atoms with E-state index in [0.29, 0.717) is 10.9 Å². The highest BCUT2D eigenvalue weighted by Crippen LogP contribution is 2.34. The SMILES string of the molecule is O=S(=O)(c1ccccc1)n1cc(N2CCN3CCCCC3C2)c2ccccc21. The quantitative estimate of drug-likeness (QED) is 0.680. The highest BCUT2D eigenvalue weighted by Gasteiger charge is 2.31. The van der Waals surface area contributed by atoms with Gasteiger partial charge >= 0.3 is 0 Å². The highest BCUT2D eigenvalue weighted by atomic mass is 32.2. The first-order valence-electron chi connectivity index (χ1n) is 10.0. The summed E-state index contributed by atoms with van der Waals surface area (Å²) < 4.78 is 28.1. The Morgan fingerprint density at radius 1 is 0.857 bits per heavy atom. The van der Waals surface area contributed by atoms with Gasteiger partial charge in [-0.25, -0.2) is 12.4 Å². The van der Waals surface area contributed by atoms with Crippen molar-refractivity contribution in [3.8, 4) is 0 Å². The number of nitrogens with zero attached hydrogens (tertiary/aromatic N) is 3. The molecule has 3 aromatic rings. The van der Waals surface area contributed by atoms with E-state index < -0.39 is 10.0 Å². The van der Waals surface area contributed by atoms with Gasteiger partial charge in [-0.1, -0.05) is 42.8 Å². The van der Waals surface area contributed by atoms with Gasteiger partial charge in [-0.05, 0) is 37.6 Å². The molecule has 5 nitrogen and oxygen atoms in total. The molecule has 2 fully saturated rings. The number of aromatic nitrogens is 1. The Kier molecular flexibility index (Phi) is 4.40. The topological polar surface area (TPSA) is 45.6 Å². The van der Waals surface area contributed by atoms with Crippen molar-refractivity contribution in [3.05, 3.63) is 60.8 Å². The molecule has 146 valence electrons. The van der Waals surface area contributed by atoms with Crippen LogP contribution in [0.1, 0.15) is 19.3 Å². The number of fused-ring (bicyclic) bond motifs is 2. The summed E-state index contributed by atoms with van der Waals surface area (Å²) in [4.78, 5) is 5.30. The van der Waals surface area contributed by atoms with Crippen LogP contribution in [0, 0.1) is 0 Å². The van der Waals surface area contributed by atoms with Crippen LogP contribution >= 0.6 is 0 Å². The minimum atomic E-state index is -3.63. The molecule has 5 rings (SSSR count). The van der Waals surface area contributed by atoms with Crippen LogP contribution in [-0.4, -0.2) is 49.5 Å². The fraction of sp³-hybridized carbons (Fsp3) is 0.364. The maximum atomic E-state index is 13.3. The van der Waals surface area contributed by atoms with E-state index in [0.717, 1.165) is 36.2 Å². The fourth-order valence-corrected chi connectivity index (χ4v) is 6.05. The second-order valence-corrected chi connectivity index (χ2v) is 9.59. The average Bonchev–Trinajstić information content (AvgIpc) is 3.15. The molecule has 1 atom stereocenters. The van der Waals surface area contributed by atoms with E-state index in [9.17, 15) is 8.42 Å². The molecular formula is C22H25N3O2S.